The molecule has 198 valence electrons. The van der Waals surface area contributed by atoms with E-state index in [1.54, 1.807) is 4.90 Å². The molecule has 2 aromatic carbocycles. The van der Waals surface area contributed by atoms with Crippen LogP contribution in [-0.2, 0) is 6.54 Å². The molecule has 1 aromatic heterocycles. The number of nitrogens with one attached hydrogen (secondary N) is 1. The Morgan fingerprint density at radius 1 is 1.22 bits per heavy atom. The van der Waals surface area contributed by atoms with Crippen molar-refractivity contribution in [3.8, 4) is 5.75 Å². The minimum atomic E-state index is -4.88. The van der Waals surface area contributed by atoms with Gasteiger partial charge in [-0.2, -0.15) is 0 Å². The van der Waals surface area contributed by atoms with Crippen LogP contribution in [0.2, 0.25) is 0 Å². The van der Waals surface area contributed by atoms with Crippen LogP contribution in [0, 0.1) is 17.6 Å². The lowest BCUT2D eigenvalue weighted by atomic mass is 10.1. The van der Waals surface area contributed by atoms with Gasteiger partial charge >= 0.3 is 12.3 Å². The summed E-state index contributed by atoms with van der Waals surface area (Å²) in [5.74, 6) is -3.86. The molecule has 7 nitrogen and oxygen atoms in total. The number of pyridine rings is 1. The van der Waals surface area contributed by atoms with Crippen LogP contribution in [0.3, 0.4) is 0 Å². The van der Waals surface area contributed by atoms with E-state index in [4.69, 9.17) is 0 Å². The first kappa shape index (κ1) is 26.4. The van der Waals surface area contributed by atoms with Gasteiger partial charge in [-0.05, 0) is 49.2 Å². The normalized spacial score (nSPS) is 15.9. The number of hydrogen-bond donors (Lipinski definition) is 2. The smallest absolute Gasteiger partial charge is 0.477 e. The maximum atomic E-state index is 15.9. The van der Waals surface area contributed by atoms with Crippen molar-refractivity contribution in [2.75, 3.05) is 31.1 Å². The summed E-state index contributed by atoms with van der Waals surface area (Å²) >= 11 is 0. The lowest BCUT2D eigenvalue weighted by Gasteiger charge is -2.23. The Labute approximate surface area is 208 Å². The first-order valence-corrected chi connectivity index (χ1v) is 11.6. The first-order valence-electron chi connectivity index (χ1n) is 11.6. The fraction of sp³-hybridized carbons (Fsp3) is 0.360. The average Bonchev–Trinajstić information content (AvgIpc) is 3.27. The molecule has 1 aliphatic heterocycles. The molecule has 37 heavy (non-hydrogen) atoms. The van der Waals surface area contributed by atoms with E-state index in [0.29, 0.717) is 31.6 Å². The molecule has 12 heteroatoms. The summed E-state index contributed by atoms with van der Waals surface area (Å²) in [5.41, 5.74) is -1.96. The summed E-state index contributed by atoms with van der Waals surface area (Å²) in [4.78, 5) is 26.0. The largest absolute Gasteiger partial charge is 0.573 e. The van der Waals surface area contributed by atoms with Crippen molar-refractivity contribution in [2.45, 2.75) is 26.3 Å². The number of carboxylic acid groups (broad SMARTS) is 1. The van der Waals surface area contributed by atoms with E-state index in [2.05, 4.69) is 10.1 Å². The minimum absolute atomic E-state index is 0.170. The van der Waals surface area contributed by atoms with Crippen LogP contribution in [-0.4, -0.2) is 48.2 Å². The number of fused-ring (bicyclic) bond motifs is 1. The zero-order chi connectivity index (χ0) is 26.9. The molecule has 2 heterocycles. The summed E-state index contributed by atoms with van der Waals surface area (Å²) in [5, 5.41) is 12.3. The van der Waals surface area contributed by atoms with Crippen molar-refractivity contribution in [3.63, 3.8) is 0 Å². The van der Waals surface area contributed by atoms with Crippen LogP contribution >= 0.6 is 0 Å². The number of hydrogen-bond acceptors (Lipinski definition) is 5. The van der Waals surface area contributed by atoms with Gasteiger partial charge in [0, 0.05) is 25.8 Å². The summed E-state index contributed by atoms with van der Waals surface area (Å²) in [7, 11) is 0. The molecule has 0 spiro atoms. The van der Waals surface area contributed by atoms with Crippen LogP contribution in [0.4, 0.5) is 27.6 Å². The minimum Gasteiger partial charge on any atom is -0.477 e. The molecule has 1 atom stereocenters. The van der Waals surface area contributed by atoms with Crippen LogP contribution in [0.5, 0.6) is 5.75 Å². The number of nitrogens with zero attached hydrogens (tertiary/aromatic N) is 2. The summed E-state index contributed by atoms with van der Waals surface area (Å²) in [6, 6.07) is 5.54. The predicted octanol–water partition coefficient (Wildman–Crippen LogP) is 4.36. The Bertz CT molecular complexity index is 1370. The van der Waals surface area contributed by atoms with E-state index < -0.39 is 46.1 Å². The van der Waals surface area contributed by atoms with Gasteiger partial charge in [0.1, 0.15) is 22.8 Å². The number of alkyl halides is 3. The number of rotatable bonds is 8. The maximum absolute atomic E-state index is 15.9. The van der Waals surface area contributed by atoms with Crippen LogP contribution in [0.25, 0.3) is 10.9 Å². The van der Waals surface area contributed by atoms with E-state index in [1.165, 1.54) is 12.1 Å². The topological polar surface area (TPSA) is 83.8 Å². The summed E-state index contributed by atoms with van der Waals surface area (Å²) < 4.78 is 73.5. The fourth-order valence-electron chi connectivity index (χ4n) is 4.59. The van der Waals surface area contributed by atoms with Gasteiger partial charge in [0.05, 0.1) is 10.9 Å². The molecule has 3 aromatic rings. The number of aromatic nitrogens is 1. The van der Waals surface area contributed by atoms with Crippen molar-refractivity contribution in [3.05, 3.63) is 69.5 Å². The monoisotopic (exact) mass is 525 g/mol. The highest BCUT2D eigenvalue weighted by atomic mass is 19.4. The molecule has 1 aliphatic rings. The number of aromatic carboxylic acids is 1. The molecule has 1 saturated heterocycles. The third-order valence-electron chi connectivity index (χ3n) is 6.25. The Kier molecular flexibility index (Phi) is 7.39. The zero-order valence-corrected chi connectivity index (χ0v) is 19.7. The molecule has 4 rings (SSSR count). The molecule has 0 bridgehead atoms. The average molecular weight is 525 g/mol. The summed E-state index contributed by atoms with van der Waals surface area (Å²) in [6.07, 6.45) is -3.21. The Morgan fingerprint density at radius 2 is 1.92 bits per heavy atom. The van der Waals surface area contributed by atoms with Gasteiger partial charge < -0.3 is 24.6 Å². The molecule has 1 fully saturated rings. The van der Waals surface area contributed by atoms with Gasteiger partial charge in [0.25, 0.3) is 0 Å². The third kappa shape index (κ3) is 5.68. The van der Waals surface area contributed by atoms with Crippen molar-refractivity contribution >= 4 is 22.6 Å². The van der Waals surface area contributed by atoms with Gasteiger partial charge in [-0.1, -0.05) is 19.1 Å². The second kappa shape index (κ2) is 10.4. The number of carbonyl (C=O) groups is 1. The predicted molar refractivity (Wildman–Crippen MR) is 126 cm³/mol. The molecule has 0 saturated carbocycles. The molecule has 0 radical (unpaired) electrons. The number of ether oxygens (including phenoxy) is 1. The highest BCUT2D eigenvalue weighted by Gasteiger charge is 2.31. The van der Waals surface area contributed by atoms with Crippen LogP contribution in [0.1, 0.15) is 29.3 Å². The van der Waals surface area contributed by atoms with Crippen molar-refractivity contribution in [2.24, 2.45) is 5.92 Å². The number of benzene rings is 2. The summed E-state index contributed by atoms with van der Waals surface area (Å²) in [6.45, 7) is 3.99. The second-order valence-electron chi connectivity index (χ2n) is 8.82. The highest BCUT2D eigenvalue weighted by molar-refractivity contribution is 5.94. The van der Waals surface area contributed by atoms with Gasteiger partial charge in [-0.3, -0.25) is 4.79 Å². The van der Waals surface area contributed by atoms with Crippen LogP contribution < -0.4 is 20.4 Å². The van der Waals surface area contributed by atoms with E-state index in [-0.39, 0.29) is 23.7 Å². The molecule has 1 unspecified atom stereocenters. The Morgan fingerprint density at radius 3 is 2.54 bits per heavy atom. The standard InChI is InChI=1S/C25H24F5N3O4/c1-2-31-10-15-7-8-32(12-15)22-19(26)9-17-21(20(22)27)33(13-18(23(17)34)24(35)36)11-14-3-5-16(6-4-14)37-25(28,29)30/h3-6,9,13,15,31H,2,7-8,10-12H2,1H3,(H,35,36). The SMILES string of the molecule is CCNCC1CCN(c2c(F)cc3c(=O)c(C(=O)O)cn(Cc4ccc(OC(F)(F)F)cc4)c3c2F)C1. The molecule has 0 aliphatic carbocycles. The lowest BCUT2D eigenvalue weighted by molar-refractivity contribution is -0.274. The van der Waals surface area contributed by atoms with Gasteiger partial charge in [-0.25, -0.2) is 13.6 Å². The van der Waals surface area contributed by atoms with E-state index in [1.807, 2.05) is 6.92 Å². The molecular formula is C25H24F5N3O4. The van der Waals surface area contributed by atoms with Gasteiger partial charge in [-0.15, -0.1) is 13.2 Å². The lowest BCUT2D eigenvalue weighted by Crippen LogP contribution is -2.28. The zero-order valence-electron chi connectivity index (χ0n) is 19.7. The number of anilines is 1. The maximum Gasteiger partial charge on any atom is 0.573 e. The molecule has 2 N–H and O–H groups in total. The number of carboxylic acids is 1. The van der Waals surface area contributed by atoms with E-state index in [9.17, 15) is 27.9 Å². The van der Waals surface area contributed by atoms with E-state index >= 15 is 8.78 Å². The Balaban J connectivity index is 1.78. The second-order valence-corrected chi connectivity index (χ2v) is 8.82. The van der Waals surface area contributed by atoms with Gasteiger partial charge in [0.2, 0.25) is 5.43 Å². The molecular weight excluding hydrogens is 501 g/mol. The fourth-order valence-corrected chi connectivity index (χ4v) is 4.59. The highest BCUT2D eigenvalue weighted by Crippen LogP contribution is 2.34. The number of halogens is 5. The Hall–Kier alpha value is -3.67. The van der Waals surface area contributed by atoms with Crippen molar-refractivity contribution < 1.29 is 36.6 Å². The van der Waals surface area contributed by atoms with Crippen LogP contribution in [0.15, 0.2) is 41.3 Å². The quantitative estimate of drug-likeness (QED) is 0.426. The van der Waals surface area contributed by atoms with Gasteiger partial charge in [0.15, 0.2) is 5.82 Å². The van der Waals surface area contributed by atoms with Crippen molar-refractivity contribution in [1.82, 2.24) is 9.88 Å². The first-order chi connectivity index (χ1) is 17.5. The molecule has 0 amide bonds. The van der Waals surface area contributed by atoms with E-state index in [0.717, 1.165) is 35.5 Å². The van der Waals surface area contributed by atoms with Crippen molar-refractivity contribution in [1.29, 1.82) is 0 Å². The third-order valence-corrected chi connectivity index (χ3v) is 6.25.